The summed E-state index contributed by atoms with van der Waals surface area (Å²) in [4.78, 5) is 20.7. The third-order valence-electron chi connectivity index (χ3n) is 4.33. The number of aromatic nitrogens is 2. The second kappa shape index (κ2) is 12.5. The molecule has 0 radical (unpaired) electrons. The van der Waals surface area contributed by atoms with Gasteiger partial charge in [-0.3, -0.25) is 4.79 Å². The first-order chi connectivity index (χ1) is 16.3. The Kier molecular flexibility index (Phi) is 9.41. The van der Waals surface area contributed by atoms with Gasteiger partial charge in [-0.2, -0.15) is 5.10 Å². The number of carbonyl (C=O) groups excluding carboxylic acids is 1. The highest BCUT2D eigenvalue weighted by atomic mass is 79.9. The van der Waals surface area contributed by atoms with Gasteiger partial charge in [0.2, 0.25) is 0 Å². The van der Waals surface area contributed by atoms with Gasteiger partial charge in [-0.05, 0) is 78.2 Å². The third-order valence-corrected chi connectivity index (χ3v) is 5.76. The van der Waals surface area contributed by atoms with Crippen molar-refractivity contribution < 1.29 is 18.7 Å². The Morgan fingerprint density at radius 3 is 2.53 bits per heavy atom. The van der Waals surface area contributed by atoms with Crippen LogP contribution in [0.15, 0.2) is 57.2 Å². The van der Waals surface area contributed by atoms with Crippen molar-refractivity contribution in [2.75, 3.05) is 12.4 Å². The number of halogens is 2. The van der Waals surface area contributed by atoms with Gasteiger partial charge in [0.25, 0.3) is 5.91 Å². The highest BCUT2D eigenvalue weighted by molar-refractivity contribution is 9.10. The Hall–Kier alpha value is -2.98. The number of rotatable bonds is 10. The molecule has 1 N–H and O–H groups in total. The minimum Gasteiger partial charge on any atom is -0.490 e. The van der Waals surface area contributed by atoms with Crippen LogP contribution in [0.25, 0.3) is 0 Å². The molecular weight excluding hydrogens is 523 g/mol. The molecule has 0 saturated heterocycles. The molecule has 0 saturated carbocycles. The maximum atomic E-state index is 13.1. The van der Waals surface area contributed by atoms with Gasteiger partial charge in [-0.15, -0.1) is 0 Å². The summed E-state index contributed by atoms with van der Waals surface area (Å²) in [5.74, 6) is 0.622. The fourth-order valence-electron chi connectivity index (χ4n) is 2.90. The molecule has 0 unspecified atom stereocenters. The van der Waals surface area contributed by atoms with E-state index in [4.69, 9.17) is 9.47 Å². The summed E-state index contributed by atoms with van der Waals surface area (Å²) in [5, 5.41) is 4.59. The SMILES string of the molecule is CCOc1cc(/C=N\NC(=O)CSc2nc(C)cc(C)n2)cc(Br)c1OCc1ccc(F)cc1. The van der Waals surface area contributed by atoms with Crippen LogP contribution in [-0.2, 0) is 11.4 Å². The van der Waals surface area contributed by atoms with Crippen LogP contribution >= 0.6 is 27.7 Å². The van der Waals surface area contributed by atoms with Crippen molar-refractivity contribution in [1.29, 1.82) is 0 Å². The van der Waals surface area contributed by atoms with Crippen LogP contribution in [0.2, 0.25) is 0 Å². The minimum atomic E-state index is -0.298. The van der Waals surface area contributed by atoms with Crippen LogP contribution in [0.5, 0.6) is 11.5 Å². The molecule has 34 heavy (non-hydrogen) atoms. The Morgan fingerprint density at radius 1 is 1.15 bits per heavy atom. The zero-order valence-electron chi connectivity index (χ0n) is 19.0. The Morgan fingerprint density at radius 2 is 1.85 bits per heavy atom. The molecule has 0 fully saturated rings. The number of nitrogens with one attached hydrogen (secondary N) is 1. The molecule has 178 valence electrons. The van der Waals surface area contributed by atoms with Crippen LogP contribution in [0, 0.1) is 19.7 Å². The maximum Gasteiger partial charge on any atom is 0.250 e. The van der Waals surface area contributed by atoms with E-state index in [1.54, 1.807) is 24.3 Å². The highest BCUT2D eigenvalue weighted by Crippen LogP contribution is 2.37. The van der Waals surface area contributed by atoms with Crippen molar-refractivity contribution in [2.24, 2.45) is 5.10 Å². The van der Waals surface area contributed by atoms with Gasteiger partial charge in [0, 0.05) is 11.4 Å². The maximum absolute atomic E-state index is 13.1. The Balaban J connectivity index is 1.61. The molecule has 1 aromatic heterocycles. The number of hydrogen-bond acceptors (Lipinski definition) is 7. The number of amides is 1. The van der Waals surface area contributed by atoms with E-state index in [2.05, 4.69) is 36.4 Å². The summed E-state index contributed by atoms with van der Waals surface area (Å²) >= 11 is 4.75. The summed E-state index contributed by atoms with van der Waals surface area (Å²) in [6, 6.07) is 11.5. The van der Waals surface area contributed by atoms with Gasteiger partial charge in [-0.25, -0.2) is 19.8 Å². The standard InChI is InChI=1S/C24H24BrFN4O3S/c1-4-32-21-11-18(10-20(25)23(21)33-13-17-5-7-19(26)8-6-17)12-27-30-22(31)14-34-24-28-15(2)9-16(3)29-24/h5-12H,4,13-14H2,1-3H3,(H,30,31)/b27-12-. The number of thioether (sulfide) groups is 1. The number of hydrazone groups is 1. The van der Waals surface area contributed by atoms with E-state index in [0.29, 0.717) is 33.3 Å². The van der Waals surface area contributed by atoms with E-state index in [1.165, 1.54) is 30.1 Å². The van der Waals surface area contributed by atoms with E-state index < -0.39 is 0 Å². The van der Waals surface area contributed by atoms with Crippen LogP contribution in [0.4, 0.5) is 4.39 Å². The predicted molar refractivity (Wildman–Crippen MR) is 134 cm³/mol. The predicted octanol–water partition coefficient (Wildman–Crippen LogP) is 5.22. The molecule has 0 aliphatic rings. The normalized spacial score (nSPS) is 11.0. The lowest BCUT2D eigenvalue weighted by molar-refractivity contribution is -0.118. The van der Waals surface area contributed by atoms with E-state index in [1.807, 2.05) is 26.8 Å². The monoisotopic (exact) mass is 546 g/mol. The number of ether oxygens (including phenoxy) is 2. The van der Waals surface area contributed by atoms with Crippen LogP contribution in [0.1, 0.15) is 29.4 Å². The second-order valence-corrected chi connectivity index (χ2v) is 8.99. The van der Waals surface area contributed by atoms with E-state index >= 15 is 0 Å². The van der Waals surface area contributed by atoms with Crippen molar-refractivity contribution >= 4 is 39.8 Å². The molecule has 0 aliphatic carbocycles. The van der Waals surface area contributed by atoms with E-state index in [-0.39, 0.29) is 24.1 Å². The molecular formula is C24H24BrFN4O3S. The fraction of sp³-hybridized carbons (Fsp3) is 0.250. The molecule has 0 aliphatic heterocycles. The first-order valence-corrected chi connectivity index (χ1v) is 12.2. The van der Waals surface area contributed by atoms with Crippen molar-refractivity contribution in [3.05, 3.63) is 75.3 Å². The second-order valence-electron chi connectivity index (χ2n) is 7.19. The average Bonchev–Trinajstić information content (AvgIpc) is 2.78. The molecule has 3 rings (SSSR count). The van der Waals surface area contributed by atoms with Crippen molar-refractivity contribution in [3.63, 3.8) is 0 Å². The van der Waals surface area contributed by atoms with Gasteiger partial charge in [0.05, 0.1) is 23.0 Å². The third kappa shape index (κ3) is 7.81. The molecule has 0 spiro atoms. The molecule has 3 aromatic rings. The summed E-state index contributed by atoms with van der Waals surface area (Å²) in [5.41, 5.74) is 5.75. The molecule has 2 aromatic carbocycles. The smallest absolute Gasteiger partial charge is 0.250 e. The Labute approximate surface area is 210 Å². The summed E-state index contributed by atoms with van der Waals surface area (Å²) in [7, 11) is 0. The van der Waals surface area contributed by atoms with Gasteiger partial charge in [-0.1, -0.05) is 23.9 Å². The zero-order valence-corrected chi connectivity index (χ0v) is 21.4. The van der Waals surface area contributed by atoms with Crippen LogP contribution in [0.3, 0.4) is 0 Å². The van der Waals surface area contributed by atoms with E-state index in [9.17, 15) is 9.18 Å². The van der Waals surface area contributed by atoms with Crippen LogP contribution in [-0.4, -0.2) is 34.4 Å². The van der Waals surface area contributed by atoms with Crippen molar-refractivity contribution in [1.82, 2.24) is 15.4 Å². The lowest BCUT2D eigenvalue weighted by Gasteiger charge is -2.14. The number of carbonyl (C=O) groups is 1. The van der Waals surface area contributed by atoms with Gasteiger partial charge < -0.3 is 9.47 Å². The Bertz CT molecular complexity index is 1160. The zero-order chi connectivity index (χ0) is 24.5. The highest BCUT2D eigenvalue weighted by Gasteiger charge is 2.13. The summed E-state index contributed by atoms with van der Waals surface area (Å²) < 4.78 is 25.4. The molecule has 0 bridgehead atoms. The topological polar surface area (TPSA) is 85.7 Å². The lowest BCUT2D eigenvalue weighted by Crippen LogP contribution is -2.19. The number of nitrogens with zero attached hydrogens (tertiary/aromatic N) is 3. The first kappa shape index (κ1) is 25.6. The van der Waals surface area contributed by atoms with E-state index in [0.717, 1.165) is 17.0 Å². The first-order valence-electron chi connectivity index (χ1n) is 10.4. The molecule has 7 nitrogen and oxygen atoms in total. The number of aryl methyl sites for hydroxylation is 2. The van der Waals surface area contributed by atoms with Gasteiger partial charge in [0.15, 0.2) is 16.7 Å². The largest absolute Gasteiger partial charge is 0.490 e. The average molecular weight is 547 g/mol. The lowest BCUT2D eigenvalue weighted by atomic mass is 10.2. The number of benzene rings is 2. The van der Waals surface area contributed by atoms with Gasteiger partial charge >= 0.3 is 0 Å². The quantitative estimate of drug-likeness (QED) is 0.162. The van der Waals surface area contributed by atoms with Crippen molar-refractivity contribution in [3.8, 4) is 11.5 Å². The molecule has 10 heteroatoms. The number of hydrogen-bond donors (Lipinski definition) is 1. The minimum absolute atomic E-state index is 0.143. The van der Waals surface area contributed by atoms with Crippen molar-refractivity contribution in [2.45, 2.75) is 32.5 Å². The molecule has 1 heterocycles. The molecule has 1 amide bonds. The summed E-state index contributed by atoms with van der Waals surface area (Å²) in [6.45, 7) is 6.34. The van der Waals surface area contributed by atoms with Gasteiger partial charge in [0.1, 0.15) is 12.4 Å². The fourth-order valence-corrected chi connectivity index (χ4v) is 4.22. The van der Waals surface area contributed by atoms with Crippen LogP contribution < -0.4 is 14.9 Å². The molecule has 0 atom stereocenters. The summed E-state index contributed by atoms with van der Waals surface area (Å²) in [6.07, 6.45) is 1.52.